The van der Waals surface area contributed by atoms with Gasteiger partial charge >= 0.3 is 0 Å². The fraction of sp³-hybridized carbons (Fsp3) is 0.833. The molecule has 0 saturated heterocycles. The SMILES string of the molecule is CC(NC(=O)CNC(=O)C1CC1)C(C)(C)C. The molecule has 92 valence electrons. The first kappa shape index (κ1) is 13.0. The molecule has 0 heterocycles. The number of carbonyl (C=O) groups is 2. The summed E-state index contributed by atoms with van der Waals surface area (Å²) in [5.41, 5.74) is 0.0379. The molecule has 2 N–H and O–H groups in total. The van der Waals surface area contributed by atoms with Gasteiger partial charge < -0.3 is 10.6 Å². The lowest BCUT2D eigenvalue weighted by Crippen LogP contribution is -2.46. The summed E-state index contributed by atoms with van der Waals surface area (Å²) in [7, 11) is 0. The van der Waals surface area contributed by atoms with Gasteiger partial charge in [0.1, 0.15) is 0 Å². The zero-order chi connectivity index (χ0) is 12.3. The van der Waals surface area contributed by atoms with E-state index in [0.717, 1.165) is 12.8 Å². The third-order valence-electron chi connectivity index (χ3n) is 3.05. The van der Waals surface area contributed by atoms with Gasteiger partial charge in [-0.2, -0.15) is 0 Å². The number of amides is 2. The van der Waals surface area contributed by atoms with E-state index in [9.17, 15) is 9.59 Å². The Bertz CT molecular complexity index is 277. The predicted molar refractivity (Wildman–Crippen MR) is 62.8 cm³/mol. The van der Waals surface area contributed by atoms with Crippen molar-refractivity contribution < 1.29 is 9.59 Å². The molecule has 1 saturated carbocycles. The van der Waals surface area contributed by atoms with Crippen LogP contribution in [-0.2, 0) is 9.59 Å². The van der Waals surface area contributed by atoms with Crippen molar-refractivity contribution in [3.63, 3.8) is 0 Å². The van der Waals surface area contributed by atoms with Crippen LogP contribution in [0.3, 0.4) is 0 Å². The monoisotopic (exact) mass is 226 g/mol. The Labute approximate surface area is 97.2 Å². The molecule has 1 unspecified atom stereocenters. The number of hydrogen-bond acceptors (Lipinski definition) is 2. The standard InChI is InChI=1S/C12H22N2O2/c1-8(12(2,3)4)14-10(15)7-13-11(16)9-5-6-9/h8-9H,5-7H2,1-4H3,(H,13,16)(H,14,15). The predicted octanol–water partition coefficient (Wildman–Crippen LogP) is 1.06. The zero-order valence-electron chi connectivity index (χ0n) is 10.6. The van der Waals surface area contributed by atoms with Gasteiger partial charge in [0.05, 0.1) is 6.54 Å². The number of rotatable bonds is 4. The highest BCUT2D eigenvalue weighted by Gasteiger charge is 2.29. The van der Waals surface area contributed by atoms with E-state index in [1.54, 1.807) is 0 Å². The van der Waals surface area contributed by atoms with Gasteiger partial charge in [-0.25, -0.2) is 0 Å². The normalized spacial score (nSPS) is 17.8. The van der Waals surface area contributed by atoms with Gasteiger partial charge in [0, 0.05) is 12.0 Å². The average molecular weight is 226 g/mol. The summed E-state index contributed by atoms with van der Waals surface area (Å²) in [5.74, 6) is 0.0582. The lowest BCUT2D eigenvalue weighted by molar-refractivity contribution is -0.127. The van der Waals surface area contributed by atoms with Gasteiger partial charge in [-0.3, -0.25) is 9.59 Å². The summed E-state index contributed by atoms with van der Waals surface area (Å²) in [6, 6.07) is 0.0952. The largest absolute Gasteiger partial charge is 0.352 e. The molecule has 4 heteroatoms. The van der Waals surface area contributed by atoms with Crippen molar-refractivity contribution in [3.05, 3.63) is 0 Å². The Morgan fingerprint density at radius 1 is 1.31 bits per heavy atom. The minimum atomic E-state index is -0.114. The van der Waals surface area contributed by atoms with E-state index in [1.165, 1.54) is 0 Å². The van der Waals surface area contributed by atoms with Crippen molar-refractivity contribution in [1.29, 1.82) is 0 Å². The van der Waals surface area contributed by atoms with Gasteiger partial charge in [0.2, 0.25) is 11.8 Å². The van der Waals surface area contributed by atoms with Crippen LogP contribution >= 0.6 is 0 Å². The molecule has 1 rings (SSSR count). The Morgan fingerprint density at radius 2 is 1.88 bits per heavy atom. The molecule has 1 aliphatic carbocycles. The van der Waals surface area contributed by atoms with Gasteiger partial charge in [0.15, 0.2) is 0 Å². The Hall–Kier alpha value is -1.06. The first-order valence-corrected chi connectivity index (χ1v) is 5.88. The molecule has 1 aliphatic rings. The van der Waals surface area contributed by atoms with Gasteiger partial charge in [0.25, 0.3) is 0 Å². The summed E-state index contributed by atoms with van der Waals surface area (Å²) in [6.07, 6.45) is 1.93. The molecular formula is C12H22N2O2. The second kappa shape index (κ2) is 4.85. The second-order valence-corrected chi connectivity index (χ2v) is 5.65. The quantitative estimate of drug-likeness (QED) is 0.753. The lowest BCUT2D eigenvalue weighted by Gasteiger charge is -2.28. The molecule has 0 spiro atoms. The third-order valence-corrected chi connectivity index (χ3v) is 3.05. The number of hydrogen-bond donors (Lipinski definition) is 2. The van der Waals surface area contributed by atoms with E-state index in [0.29, 0.717) is 0 Å². The van der Waals surface area contributed by atoms with E-state index in [4.69, 9.17) is 0 Å². The van der Waals surface area contributed by atoms with E-state index in [2.05, 4.69) is 31.4 Å². The minimum Gasteiger partial charge on any atom is -0.352 e. The van der Waals surface area contributed by atoms with Crippen LogP contribution in [0.5, 0.6) is 0 Å². The maximum Gasteiger partial charge on any atom is 0.239 e. The Balaban J connectivity index is 2.22. The second-order valence-electron chi connectivity index (χ2n) is 5.65. The van der Waals surface area contributed by atoms with Crippen molar-refractivity contribution in [2.45, 2.75) is 46.6 Å². The highest BCUT2D eigenvalue weighted by atomic mass is 16.2. The lowest BCUT2D eigenvalue weighted by atomic mass is 9.88. The van der Waals surface area contributed by atoms with Crippen LogP contribution in [0.1, 0.15) is 40.5 Å². The van der Waals surface area contributed by atoms with Crippen LogP contribution < -0.4 is 10.6 Å². The Kier molecular flexibility index (Phi) is 3.94. The molecule has 1 fully saturated rings. The third kappa shape index (κ3) is 4.21. The van der Waals surface area contributed by atoms with E-state index < -0.39 is 0 Å². The molecule has 0 radical (unpaired) electrons. The van der Waals surface area contributed by atoms with Gasteiger partial charge in [-0.05, 0) is 25.2 Å². The smallest absolute Gasteiger partial charge is 0.239 e. The van der Waals surface area contributed by atoms with Crippen LogP contribution in [0.4, 0.5) is 0 Å². The molecular weight excluding hydrogens is 204 g/mol. The van der Waals surface area contributed by atoms with Gasteiger partial charge in [-0.15, -0.1) is 0 Å². The van der Waals surface area contributed by atoms with Crippen LogP contribution in [0.2, 0.25) is 0 Å². The van der Waals surface area contributed by atoms with Crippen molar-refractivity contribution in [3.8, 4) is 0 Å². The molecule has 0 bridgehead atoms. The van der Waals surface area contributed by atoms with Crippen molar-refractivity contribution in [1.82, 2.24) is 10.6 Å². The molecule has 0 aromatic heterocycles. The minimum absolute atomic E-state index is 0.0126. The number of carbonyl (C=O) groups excluding carboxylic acids is 2. The first-order chi connectivity index (χ1) is 7.30. The highest BCUT2D eigenvalue weighted by Crippen LogP contribution is 2.28. The van der Waals surface area contributed by atoms with Gasteiger partial charge in [-0.1, -0.05) is 20.8 Å². The molecule has 4 nitrogen and oxygen atoms in total. The molecule has 0 aromatic carbocycles. The number of nitrogens with one attached hydrogen (secondary N) is 2. The van der Waals surface area contributed by atoms with Crippen LogP contribution in [-0.4, -0.2) is 24.4 Å². The molecule has 0 aromatic rings. The first-order valence-electron chi connectivity index (χ1n) is 5.88. The Morgan fingerprint density at radius 3 is 2.31 bits per heavy atom. The molecule has 0 aliphatic heterocycles. The highest BCUT2D eigenvalue weighted by molar-refractivity contribution is 5.86. The topological polar surface area (TPSA) is 58.2 Å². The fourth-order valence-corrected chi connectivity index (χ4v) is 1.17. The van der Waals surface area contributed by atoms with Crippen LogP contribution in [0, 0.1) is 11.3 Å². The molecule has 1 atom stereocenters. The van der Waals surface area contributed by atoms with Crippen LogP contribution in [0.15, 0.2) is 0 Å². The van der Waals surface area contributed by atoms with E-state index >= 15 is 0 Å². The van der Waals surface area contributed by atoms with Crippen LogP contribution in [0.25, 0.3) is 0 Å². The summed E-state index contributed by atoms with van der Waals surface area (Å²) in [6.45, 7) is 8.28. The van der Waals surface area contributed by atoms with Crippen molar-refractivity contribution in [2.24, 2.45) is 11.3 Å². The summed E-state index contributed by atoms with van der Waals surface area (Å²) >= 11 is 0. The van der Waals surface area contributed by atoms with E-state index in [1.807, 2.05) is 6.92 Å². The maximum absolute atomic E-state index is 11.5. The average Bonchev–Trinajstić information content (AvgIpc) is 2.95. The van der Waals surface area contributed by atoms with E-state index in [-0.39, 0.29) is 35.7 Å². The fourth-order valence-electron chi connectivity index (χ4n) is 1.17. The summed E-state index contributed by atoms with van der Waals surface area (Å²) in [4.78, 5) is 22.8. The summed E-state index contributed by atoms with van der Waals surface area (Å²) in [5, 5.41) is 5.53. The summed E-state index contributed by atoms with van der Waals surface area (Å²) < 4.78 is 0. The maximum atomic E-state index is 11.5. The zero-order valence-corrected chi connectivity index (χ0v) is 10.6. The molecule has 16 heavy (non-hydrogen) atoms. The van der Waals surface area contributed by atoms with Crippen molar-refractivity contribution >= 4 is 11.8 Å². The van der Waals surface area contributed by atoms with Crippen molar-refractivity contribution in [2.75, 3.05) is 6.54 Å². The molecule has 2 amide bonds.